The highest BCUT2D eigenvalue weighted by Crippen LogP contribution is 2.43. The summed E-state index contributed by atoms with van der Waals surface area (Å²) in [5, 5.41) is 8.68. The number of amides is 1. The van der Waals surface area contributed by atoms with E-state index in [0.29, 0.717) is 22.4 Å². The molecule has 2 fully saturated rings. The van der Waals surface area contributed by atoms with Gasteiger partial charge in [-0.25, -0.2) is 13.2 Å². The first-order chi connectivity index (χ1) is 13.3. The largest absolute Gasteiger partial charge is 0.480 e. The number of carboxylic acid groups (broad SMARTS) is 1. The summed E-state index contributed by atoms with van der Waals surface area (Å²) in [4.78, 5) is 28.3. The van der Waals surface area contributed by atoms with Crippen LogP contribution in [0.2, 0.25) is 0 Å². The Morgan fingerprint density at radius 1 is 1.25 bits per heavy atom. The van der Waals surface area contributed by atoms with Gasteiger partial charge in [-0.15, -0.1) is 0 Å². The Hall–Kier alpha value is -2.31. The average Bonchev–Trinajstić information content (AvgIpc) is 3.25. The number of carbonyl (C=O) groups is 2. The Balaban J connectivity index is 1.61. The van der Waals surface area contributed by atoms with Gasteiger partial charge in [0.05, 0.1) is 17.5 Å². The number of aliphatic imine (C=N–C) groups is 1. The molecule has 0 aromatic heterocycles. The maximum absolute atomic E-state index is 12.1. The van der Waals surface area contributed by atoms with Crippen LogP contribution in [0, 0.1) is 0 Å². The van der Waals surface area contributed by atoms with Gasteiger partial charge in [0, 0.05) is 17.0 Å². The molecule has 3 heterocycles. The lowest BCUT2D eigenvalue weighted by atomic mass is 10.2. The molecule has 3 aliphatic rings. The van der Waals surface area contributed by atoms with Crippen molar-refractivity contribution >= 4 is 44.3 Å². The molecule has 0 spiro atoms. The number of thioether (sulfide) groups is 1. The standard InChI is InChI=1S/C16H16N2O8S2/c19-14(4-24-5-15(20)21)17-16-18(10-6-28(22,23)7-13(10)27-16)9-1-2-11-12(3-9)26-8-25-11/h1-3,10,13H,4-8H2,(H,20,21). The second-order valence-corrected chi connectivity index (χ2v) is 9.74. The summed E-state index contributed by atoms with van der Waals surface area (Å²) >= 11 is 1.22. The summed E-state index contributed by atoms with van der Waals surface area (Å²) in [5.41, 5.74) is 0.638. The molecular weight excluding hydrogens is 412 g/mol. The molecule has 0 radical (unpaired) electrons. The van der Waals surface area contributed by atoms with Crippen LogP contribution in [0.15, 0.2) is 23.2 Å². The number of carbonyl (C=O) groups excluding carboxylic acids is 1. The molecule has 0 saturated carbocycles. The van der Waals surface area contributed by atoms with Crippen LogP contribution in [-0.2, 0) is 24.2 Å². The second-order valence-electron chi connectivity index (χ2n) is 6.38. The minimum Gasteiger partial charge on any atom is -0.480 e. The van der Waals surface area contributed by atoms with Gasteiger partial charge in [0.2, 0.25) is 6.79 Å². The number of rotatable bonds is 5. The maximum atomic E-state index is 12.1. The number of nitrogens with zero attached hydrogens (tertiary/aromatic N) is 2. The van der Waals surface area contributed by atoms with Crippen molar-refractivity contribution in [3.63, 3.8) is 0 Å². The van der Waals surface area contributed by atoms with Gasteiger partial charge in [-0.05, 0) is 12.1 Å². The third kappa shape index (κ3) is 3.80. The summed E-state index contributed by atoms with van der Waals surface area (Å²) in [7, 11) is -3.18. The van der Waals surface area contributed by atoms with Crippen molar-refractivity contribution in [1.29, 1.82) is 0 Å². The summed E-state index contributed by atoms with van der Waals surface area (Å²) < 4.78 is 39.6. The number of hydrogen-bond donors (Lipinski definition) is 1. The van der Waals surface area contributed by atoms with Crippen LogP contribution in [-0.4, -0.2) is 73.4 Å². The van der Waals surface area contributed by atoms with E-state index in [9.17, 15) is 18.0 Å². The van der Waals surface area contributed by atoms with E-state index in [-0.39, 0.29) is 29.6 Å². The fraction of sp³-hybridized carbons (Fsp3) is 0.438. The van der Waals surface area contributed by atoms with Crippen LogP contribution < -0.4 is 14.4 Å². The lowest BCUT2D eigenvalue weighted by molar-refractivity contribution is -0.143. The van der Waals surface area contributed by atoms with Crippen LogP contribution in [0.4, 0.5) is 5.69 Å². The Morgan fingerprint density at radius 2 is 2.04 bits per heavy atom. The van der Waals surface area contributed by atoms with Crippen LogP contribution in [0.3, 0.4) is 0 Å². The molecule has 1 aromatic carbocycles. The molecule has 10 nitrogen and oxygen atoms in total. The molecular formula is C16H16N2O8S2. The zero-order chi connectivity index (χ0) is 19.9. The van der Waals surface area contributed by atoms with E-state index in [1.165, 1.54) is 11.8 Å². The van der Waals surface area contributed by atoms with Gasteiger partial charge >= 0.3 is 5.97 Å². The van der Waals surface area contributed by atoms with Crippen LogP contribution in [0.25, 0.3) is 0 Å². The van der Waals surface area contributed by atoms with Crippen molar-refractivity contribution in [2.75, 3.05) is 36.4 Å². The first-order valence-electron chi connectivity index (χ1n) is 8.29. The van der Waals surface area contributed by atoms with Gasteiger partial charge in [-0.2, -0.15) is 4.99 Å². The number of aliphatic carboxylic acids is 1. The van der Waals surface area contributed by atoms with Crippen LogP contribution in [0.1, 0.15) is 0 Å². The fourth-order valence-corrected chi connectivity index (χ4v) is 7.20. The number of sulfone groups is 1. The predicted molar refractivity (Wildman–Crippen MR) is 99.8 cm³/mol. The number of ether oxygens (including phenoxy) is 3. The predicted octanol–water partition coefficient (Wildman–Crippen LogP) is 0.118. The van der Waals surface area contributed by atoms with Crippen LogP contribution in [0.5, 0.6) is 11.5 Å². The highest BCUT2D eigenvalue weighted by molar-refractivity contribution is 8.16. The minimum atomic E-state index is -3.18. The second kappa shape index (κ2) is 7.26. The Bertz CT molecular complexity index is 961. The van der Waals surface area contributed by atoms with Crippen molar-refractivity contribution in [3.8, 4) is 11.5 Å². The molecule has 1 amide bonds. The Morgan fingerprint density at radius 3 is 2.82 bits per heavy atom. The van der Waals surface area contributed by atoms with Crippen molar-refractivity contribution in [2.24, 2.45) is 4.99 Å². The molecule has 12 heteroatoms. The van der Waals surface area contributed by atoms with E-state index in [0.717, 1.165) is 0 Å². The number of carboxylic acids is 1. The zero-order valence-electron chi connectivity index (χ0n) is 14.4. The summed E-state index contributed by atoms with van der Waals surface area (Å²) in [6.07, 6.45) is 0. The van der Waals surface area contributed by atoms with Crippen molar-refractivity contribution in [3.05, 3.63) is 18.2 Å². The average molecular weight is 428 g/mol. The van der Waals surface area contributed by atoms with Crippen molar-refractivity contribution < 1.29 is 37.3 Å². The molecule has 28 heavy (non-hydrogen) atoms. The molecule has 150 valence electrons. The molecule has 2 atom stereocenters. The van der Waals surface area contributed by atoms with Crippen molar-refractivity contribution in [1.82, 2.24) is 0 Å². The number of hydrogen-bond acceptors (Lipinski definition) is 8. The lowest BCUT2D eigenvalue weighted by Gasteiger charge is -2.24. The summed E-state index contributed by atoms with van der Waals surface area (Å²) in [6.45, 7) is -0.966. The van der Waals surface area contributed by atoms with Gasteiger partial charge in [-0.1, -0.05) is 11.8 Å². The highest BCUT2D eigenvalue weighted by Gasteiger charge is 2.49. The van der Waals surface area contributed by atoms with E-state index >= 15 is 0 Å². The number of fused-ring (bicyclic) bond motifs is 2. The SMILES string of the molecule is O=C(O)COCC(=O)N=C1SC2CS(=O)(=O)CC2N1c1ccc2c(c1)OCO2. The van der Waals surface area contributed by atoms with E-state index < -0.39 is 34.9 Å². The number of amidine groups is 1. The third-order valence-corrected chi connectivity index (χ3v) is 7.58. The zero-order valence-corrected chi connectivity index (χ0v) is 16.1. The van der Waals surface area contributed by atoms with Gasteiger partial charge in [-0.3, -0.25) is 4.79 Å². The summed E-state index contributed by atoms with van der Waals surface area (Å²) in [6, 6.07) is 4.83. The van der Waals surface area contributed by atoms with E-state index in [4.69, 9.17) is 19.3 Å². The first-order valence-corrected chi connectivity index (χ1v) is 11.0. The molecule has 3 aliphatic heterocycles. The van der Waals surface area contributed by atoms with Gasteiger partial charge < -0.3 is 24.2 Å². The fourth-order valence-electron chi connectivity index (χ4n) is 3.27. The number of anilines is 1. The van der Waals surface area contributed by atoms with Gasteiger partial charge in [0.25, 0.3) is 5.91 Å². The number of benzene rings is 1. The topological polar surface area (TPSA) is 132 Å². The van der Waals surface area contributed by atoms with E-state index in [2.05, 4.69) is 4.99 Å². The smallest absolute Gasteiger partial charge is 0.329 e. The normalized spacial score (nSPS) is 25.9. The van der Waals surface area contributed by atoms with Crippen LogP contribution >= 0.6 is 11.8 Å². The summed E-state index contributed by atoms with van der Waals surface area (Å²) in [5.74, 6) is -0.742. The Labute approximate surface area is 164 Å². The minimum absolute atomic E-state index is 0.00606. The Kier molecular flexibility index (Phi) is 4.93. The molecule has 0 aliphatic carbocycles. The molecule has 4 rings (SSSR count). The quantitative estimate of drug-likeness (QED) is 0.689. The van der Waals surface area contributed by atoms with Gasteiger partial charge in [0.15, 0.2) is 26.5 Å². The van der Waals surface area contributed by atoms with Crippen molar-refractivity contribution in [2.45, 2.75) is 11.3 Å². The molecule has 2 saturated heterocycles. The lowest BCUT2D eigenvalue weighted by Crippen LogP contribution is -2.37. The maximum Gasteiger partial charge on any atom is 0.329 e. The molecule has 0 bridgehead atoms. The molecule has 1 N–H and O–H groups in total. The first kappa shape index (κ1) is 19.0. The third-order valence-electron chi connectivity index (χ3n) is 4.37. The monoisotopic (exact) mass is 428 g/mol. The molecule has 1 aromatic rings. The van der Waals surface area contributed by atoms with E-state index in [1.807, 2.05) is 0 Å². The van der Waals surface area contributed by atoms with E-state index in [1.54, 1.807) is 23.1 Å². The molecule has 2 unspecified atom stereocenters. The van der Waals surface area contributed by atoms with Gasteiger partial charge in [0.1, 0.15) is 13.2 Å². The highest BCUT2D eigenvalue weighted by atomic mass is 32.2.